The van der Waals surface area contributed by atoms with Gasteiger partial charge in [-0.2, -0.15) is 0 Å². The van der Waals surface area contributed by atoms with Crippen LogP contribution in [-0.2, 0) is 10.8 Å². The maximum Gasteiger partial charge on any atom is 0.192 e. The van der Waals surface area contributed by atoms with Crippen LogP contribution < -0.4 is 4.74 Å². The van der Waals surface area contributed by atoms with Crippen molar-refractivity contribution in [3.8, 4) is 5.75 Å². The molecule has 2 aromatic rings. The molecule has 0 spiro atoms. The Hall–Kier alpha value is -1.72. The van der Waals surface area contributed by atoms with Gasteiger partial charge in [0, 0.05) is 6.07 Å². The first-order valence-corrected chi connectivity index (χ1v) is 12.7. The van der Waals surface area contributed by atoms with Gasteiger partial charge >= 0.3 is 0 Å². The van der Waals surface area contributed by atoms with Gasteiger partial charge in [-0.15, -0.1) is 0 Å². The minimum Gasteiger partial charge on any atom is -0.497 e. The fraction of sp³-hybridized carbons (Fsp3) is 0.478. The van der Waals surface area contributed by atoms with E-state index in [0.717, 1.165) is 48.4 Å². The molecule has 0 aliphatic carbocycles. The van der Waals surface area contributed by atoms with E-state index in [1.807, 2.05) is 12.1 Å². The number of benzene rings is 2. The third-order valence-corrected chi connectivity index (χ3v) is 10.3. The van der Waals surface area contributed by atoms with Crippen LogP contribution in [0.3, 0.4) is 0 Å². The highest BCUT2D eigenvalue weighted by Gasteiger charge is 2.32. The normalized spacial score (nSPS) is 12.8. The predicted octanol–water partition coefficient (Wildman–Crippen LogP) is 7.06. The number of rotatable bonds is 11. The molecule has 0 radical (unpaired) electrons. The lowest BCUT2D eigenvalue weighted by molar-refractivity contribution is 0.176. The number of hydrogen-bond donors (Lipinski definition) is 0. The molecule has 28 heavy (non-hydrogen) atoms. The summed E-state index contributed by atoms with van der Waals surface area (Å²) in [5.41, 5.74) is 1.83. The van der Waals surface area contributed by atoms with Crippen molar-refractivity contribution in [1.29, 1.82) is 0 Å². The molecule has 0 bridgehead atoms. The average molecular weight is 407 g/mol. The summed E-state index contributed by atoms with van der Waals surface area (Å²) in [6.07, 6.45) is 2.25. The third kappa shape index (κ3) is 6.14. The van der Waals surface area contributed by atoms with Crippen LogP contribution in [0, 0.1) is 11.6 Å². The lowest BCUT2D eigenvalue weighted by atomic mass is 10.0. The lowest BCUT2D eigenvalue weighted by Crippen LogP contribution is -2.37. The Morgan fingerprint density at radius 2 is 1.46 bits per heavy atom. The fourth-order valence-corrected chi connectivity index (χ4v) is 6.52. The number of methoxy groups -OCH3 is 1. The first-order valence-electron chi connectivity index (χ1n) is 10.2. The molecule has 0 amide bonds. The van der Waals surface area contributed by atoms with E-state index in [2.05, 4.69) is 32.9 Å². The van der Waals surface area contributed by atoms with Crippen molar-refractivity contribution in [2.45, 2.75) is 64.3 Å². The summed E-state index contributed by atoms with van der Waals surface area (Å²) in [5, 5.41) is 0. The Morgan fingerprint density at radius 3 is 1.96 bits per heavy atom. The molecule has 2 nitrogen and oxygen atoms in total. The van der Waals surface area contributed by atoms with Crippen molar-refractivity contribution in [3.63, 3.8) is 0 Å². The molecule has 1 unspecified atom stereocenters. The predicted molar refractivity (Wildman–Crippen MR) is 113 cm³/mol. The Morgan fingerprint density at radius 1 is 0.893 bits per heavy atom. The zero-order chi connectivity index (χ0) is 20.6. The third-order valence-electron chi connectivity index (χ3n) is 5.67. The molecule has 0 aliphatic heterocycles. The van der Waals surface area contributed by atoms with Gasteiger partial charge in [-0.3, -0.25) is 0 Å². The number of halogens is 2. The molecule has 1 atom stereocenters. The second-order valence-electron chi connectivity index (χ2n) is 7.29. The summed E-state index contributed by atoms with van der Waals surface area (Å²) in [6, 6.07) is 15.0. The highest BCUT2D eigenvalue weighted by atomic mass is 28.4. The van der Waals surface area contributed by atoms with Gasteiger partial charge in [0.05, 0.1) is 13.2 Å². The number of hydrogen-bond acceptors (Lipinski definition) is 2. The zero-order valence-corrected chi connectivity index (χ0v) is 18.4. The molecular weight excluding hydrogens is 374 g/mol. The highest BCUT2D eigenvalue weighted by molar-refractivity contribution is 6.73. The van der Waals surface area contributed by atoms with E-state index in [1.54, 1.807) is 7.11 Å². The highest BCUT2D eigenvalue weighted by Crippen LogP contribution is 2.33. The Kier molecular flexibility index (Phi) is 8.64. The first kappa shape index (κ1) is 22.6. The van der Waals surface area contributed by atoms with Gasteiger partial charge in [0.25, 0.3) is 0 Å². The van der Waals surface area contributed by atoms with Crippen LogP contribution >= 0.6 is 0 Å². The van der Waals surface area contributed by atoms with Crippen molar-refractivity contribution >= 4 is 8.32 Å². The maximum absolute atomic E-state index is 13.4. The summed E-state index contributed by atoms with van der Waals surface area (Å²) < 4.78 is 38.9. The Balaban J connectivity index is 2.14. The Bertz CT molecular complexity index is 701. The van der Waals surface area contributed by atoms with Gasteiger partial charge in [0.1, 0.15) is 17.4 Å². The average Bonchev–Trinajstić information content (AvgIpc) is 2.70. The van der Waals surface area contributed by atoms with Crippen LogP contribution in [-0.4, -0.2) is 15.4 Å². The van der Waals surface area contributed by atoms with Gasteiger partial charge in [-0.05, 0) is 72.8 Å². The topological polar surface area (TPSA) is 18.5 Å². The fourth-order valence-electron chi connectivity index (χ4n) is 3.66. The van der Waals surface area contributed by atoms with Crippen molar-refractivity contribution in [2.75, 3.05) is 7.11 Å². The van der Waals surface area contributed by atoms with Crippen molar-refractivity contribution < 1.29 is 17.9 Å². The van der Waals surface area contributed by atoms with Crippen molar-refractivity contribution in [1.82, 2.24) is 0 Å². The Labute approximate surface area is 169 Å². The summed E-state index contributed by atoms with van der Waals surface area (Å²) in [7, 11) is -0.127. The summed E-state index contributed by atoms with van der Waals surface area (Å²) >= 11 is 0. The van der Waals surface area contributed by atoms with Gasteiger partial charge in [-0.1, -0.05) is 32.9 Å². The second kappa shape index (κ2) is 10.7. The monoisotopic (exact) mass is 406 g/mol. The van der Waals surface area contributed by atoms with E-state index in [9.17, 15) is 8.78 Å². The zero-order valence-electron chi connectivity index (χ0n) is 17.4. The largest absolute Gasteiger partial charge is 0.497 e. The SMILES string of the molecule is CC[Si](CC)(CC)OC(CCCc1cc(F)cc(F)c1)c1ccc(OC)cc1. The minimum atomic E-state index is -1.78. The quantitative estimate of drug-likeness (QED) is 0.372. The molecule has 0 saturated carbocycles. The number of ether oxygens (including phenoxy) is 1. The molecule has 0 N–H and O–H groups in total. The molecule has 0 aromatic heterocycles. The summed E-state index contributed by atoms with van der Waals surface area (Å²) in [4.78, 5) is 0. The van der Waals surface area contributed by atoms with E-state index in [-0.39, 0.29) is 6.10 Å². The van der Waals surface area contributed by atoms with Crippen LogP contribution in [0.2, 0.25) is 18.1 Å². The standard InChI is InChI=1S/C23H32F2O2Si/c1-5-28(6-2,7-3)27-23(19-11-13-22(26-4)14-12-19)10-8-9-18-15-20(24)17-21(25)16-18/h11-17,23H,5-10H2,1-4H3. The minimum absolute atomic E-state index is 0.00386. The molecule has 5 heteroatoms. The van der Waals surface area contributed by atoms with Crippen LogP contribution in [0.1, 0.15) is 50.8 Å². The van der Waals surface area contributed by atoms with Gasteiger partial charge in [0.2, 0.25) is 0 Å². The van der Waals surface area contributed by atoms with Crippen molar-refractivity contribution in [2.24, 2.45) is 0 Å². The molecule has 0 fully saturated rings. The van der Waals surface area contributed by atoms with Crippen molar-refractivity contribution in [3.05, 3.63) is 65.2 Å². The lowest BCUT2D eigenvalue weighted by Gasteiger charge is -2.33. The molecule has 2 rings (SSSR count). The number of aryl methyl sites for hydroxylation is 1. The molecule has 0 aliphatic rings. The molecule has 2 aromatic carbocycles. The van der Waals surface area contributed by atoms with E-state index >= 15 is 0 Å². The van der Waals surface area contributed by atoms with E-state index < -0.39 is 20.0 Å². The second-order valence-corrected chi connectivity index (χ2v) is 12.0. The summed E-state index contributed by atoms with van der Waals surface area (Å²) in [6.45, 7) is 6.67. The maximum atomic E-state index is 13.4. The summed E-state index contributed by atoms with van der Waals surface area (Å²) in [5.74, 6) is -0.220. The van der Waals surface area contributed by atoms with Crippen LogP contribution in [0.5, 0.6) is 5.75 Å². The molecule has 0 saturated heterocycles. The van der Waals surface area contributed by atoms with Crippen LogP contribution in [0.15, 0.2) is 42.5 Å². The first-order chi connectivity index (χ1) is 13.4. The van der Waals surface area contributed by atoms with Crippen LogP contribution in [0.4, 0.5) is 8.78 Å². The van der Waals surface area contributed by atoms with Gasteiger partial charge < -0.3 is 9.16 Å². The molecular formula is C23H32F2O2Si. The van der Waals surface area contributed by atoms with E-state index in [4.69, 9.17) is 9.16 Å². The van der Waals surface area contributed by atoms with Gasteiger partial charge in [0.15, 0.2) is 8.32 Å². The molecule has 0 heterocycles. The smallest absolute Gasteiger partial charge is 0.192 e. The van der Waals surface area contributed by atoms with E-state index in [0.29, 0.717) is 12.0 Å². The van der Waals surface area contributed by atoms with E-state index in [1.165, 1.54) is 12.1 Å². The molecule has 154 valence electrons. The van der Waals surface area contributed by atoms with Gasteiger partial charge in [-0.25, -0.2) is 8.78 Å². The van der Waals surface area contributed by atoms with Crippen LogP contribution in [0.25, 0.3) is 0 Å².